The molecule has 0 unspecified atom stereocenters. The molecule has 3 nitrogen and oxygen atoms in total. The third-order valence-corrected chi connectivity index (χ3v) is 6.02. The first kappa shape index (κ1) is 15.2. The second-order valence-corrected chi connectivity index (χ2v) is 7.56. The molecular weight excluding hydrogens is 294 g/mol. The second-order valence-electron chi connectivity index (χ2n) is 7.56. The summed E-state index contributed by atoms with van der Waals surface area (Å²) in [5.41, 5.74) is 5.80. The molecule has 0 amide bonds. The fourth-order valence-corrected chi connectivity index (χ4v) is 5.01. The van der Waals surface area contributed by atoms with Crippen LogP contribution in [0.3, 0.4) is 0 Å². The van der Waals surface area contributed by atoms with Gasteiger partial charge in [0.1, 0.15) is 0 Å². The van der Waals surface area contributed by atoms with Crippen LogP contribution in [0.4, 0.5) is 0 Å². The van der Waals surface area contributed by atoms with Gasteiger partial charge in [0.05, 0.1) is 17.5 Å². The molecule has 122 valence electrons. The monoisotopic (exact) mass is 317 g/mol. The van der Waals surface area contributed by atoms with Crippen LogP contribution in [-0.2, 0) is 18.9 Å². The molecule has 24 heavy (non-hydrogen) atoms. The molecule has 2 aliphatic carbocycles. The van der Waals surface area contributed by atoms with Gasteiger partial charge >= 0.3 is 0 Å². The van der Waals surface area contributed by atoms with Gasteiger partial charge in [-0.2, -0.15) is 10.4 Å². The van der Waals surface area contributed by atoms with E-state index >= 15 is 0 Å². The van der Waals surface area contributed by atoms with Crippen molar-refractivity contribution in [2.24, 2.45) is 18.9 Å². The van der Waals surface area contributed by atoms with E-state index in [-0.39, 0.29) is 5.41 Å². The van der Waals surface area contributed by atoms with Crippen molar-refractivity contribution in [3.8, 4) is 17.3 Å². The highest BCUT2D eigenvalue weighted by atomic mass is 15.3. The van der Waals surface area contributed by atoms with Gasteiger partial charge in [-0.3, -0.25) is 4.68 Å². The molecule has 1 aromatic heterocycles. The summed E-state index contributed by atoms with van der Waals surface area (Å²) >= 11 is 0. The number of nitrogens with zero attached hydrogens (tertiary/aromatic N) is 3. The van der Waals surface area contributed by atoms with E-state index in [2.05, 4.69) is 56.3 Å². The number of nitriles is 1. The minimum Gasteiger partial charge on any atom is -0.267 e. The smallest absolute Gasteiger partial charge is 0.0944 e. The van der Waals surface area contributed by atoms with E-state index < -0.39 is 0 Å². The van der Waals surface area contributed by atoms with E-state index in [0.717, 1.165) is 18.4 Å². The van der Waals surface area contributed by atoms with Gasteiger partial charge in [-0.05, 0) is 31.1 Å². The largest absolute Gasteiger partial charge is 0.267 e. The summed E-state index contributed by atoms with van der Waals surface area (Å²) in [4.78, 5) is 0. The van der Waals surface area contributed by atoms with Crippen LogP contribution < -0.4 is 0 Å². The van der Waals surface area contributed by atoms with E-state index in [9.17, 15) is 5.26 Å². The molecule has 0 fully saturated rings. The minimum atomic E-state index is -0.124. The Morgan fingerprint density at radius 3 is 2.75 bits per heavy atom. The Morgan fingerprint density at radius 2 is 2.04 bits per heavy atom. The number of hydrogen-bond acceptors (Lipinski definition) is 2. The van der Waals surface area contributed by atoms with Crippen molar-refractivity contribution in [1.29, 1.82) is 5.26 Å². The lowest BCUT2D eigenvalue weighted by Gasteiger charge is -2.45. The summed E-state index contributed by atoms with van der Waals surface area (Å²) in [5, 5.41) is 14.4. The van der Waals surface area contributed by atoms with Crippen LogP contribution in [0, 0.1) is 23.2 Å². The number of aryl methyl sites for hydroxylation is 1. The van der Waals surface area contributed by atoms with Crippen LogP contribution >= 0.6 is 0 Å². The fraction of sp³-hybridized carbons (Fsp3) is 0.429. The molecule has 0 spiro atoms. The second kappa shape index (κ2) is 5.34. The first-order valence-corrected chi connectivity index (χ1v) is 8.78. The Morgan fingerprint density at radius 1 is 1.29 bits per heavy atom. The van der Waals surface area contributed by atoms with Gasteiger partial charge in [0, 0.05) is 29.2 Å². The maximum atomic E-state index is 9.46. The summed E-state index contributed by atoms with van der Waals surface area (Å²) in [7, 11) is 2.04. The normalized spacial score (nSPS) is 28.5. The van der Waals surface area contributed by atoms with E-state index in [4.69, 9.17) is 5.10 Å². The highest BCUT2D eigenvalue weighted by Crippen LogP contribution is 2.51. The molecular formula is C21H23N3. The number of allylic oxidation sites excluding steroid dienone is 2. The summed E-state index contributed by atoms with van der Waals surface area (Å²) in [5.74, 6) is 1.10. The third-order valence-electron chi connectivity index (χ3n) is 6.02. The Balaban J connectivity index is 1.92. The maximum absolute atomic E-state index is 9.46. The molecule has 0 N–H and O–H groups in total. The van der Waals surface area contributed by atoms with E-state index in [1.165, 1.54) is 28.9 Å². The molecule has 0 bridgehead atoms. The van der Waals surface area contributed by atoms with Gasteiger partial charge < -0.3 is 0 Å². The lowest BCUT2D eigenvalue weighted by atomic mass is 9.58. The van der Waals surface area contributed by atoms with Crippen LogP contribution in [0.5, 0.6) is 0 Å². The number of rotatable bonds is 1. The fourth-order valence-electron chi connectivity index (χ4n) is 5.01. The zero-order valence-electron chi connectivity index (χ0n) is 14.6. The van der Waals surface area contributed by atoms with Crippen molar-refractivity contribution >= 4 is 0 Å². The van der Waals surface area contributed by atoms with Gasteiger partial charge in [0.15, 0.2) is 0 Å². The Labute approximate surface area is 143 Å². The van der Waals surface area contributed by atoms with E-state index in [1.807, 2.05) is 11.7 Å². The van der Waals surface area contributed by atoms with Crippen LogP contribution in [0.1, 0.15) is 37.9 Å². The van der Waals surface area contributed by atoms with Crippen LogP contribution in [0.2, 0.25) is 0 Å². The van der Waals surface area contributed by atoms with E-state index in [1.54, 1.807) is 0 Å². The zero-order chi connectivity index (χ0) is 16.9. The molecule has 0 saturated heterocycles. The molecule has 0 aliphatic heterocycles. The van der Waals surface area contributed by atoms with Crippen molar-refractivity contribution in [3.63, 3.8) is 0 Å². The molecule has 3 atom stereocenters. The van der Waals surface area contributed by atoms with E-state index in [0.29, 0.717) is 11.8 Å². The first-order valence-electron chi connectivity index (χ1n) is 8.78. The van der Waals surface area contributed by atoms with Crippen LogP contribution in [0.15, 0.2) is 42.0 Å². The summed E-state index contributed by atoms with van der Waals surface area (Å²) in [6, 6.07) is 12.9. The molecule has 2 aliphatic rings. The minimum absolute atomic E-state index is 0.124. The molecule has 4 rings (SSSR count). The topological polar surface area (TPSA) is 41.6 Å². The highest BCUT2D eigenvalue weighted by Gasteiger charge is 2.47. The van der Waals surface area contributed by atoms with Crippen LogP contribution in [0.25, 0.3) is 11.3 Å². The van der Waals surface area contributed by atoms with Gasteiger partial charge in [-0.15, -0.1) is 0 Å². The predicted octanol–water partition coefficient (Wildman–Crippen LogP) is 4.40. The zero-order valence-corrected chi connectivity index (χ0v) is 14.6. The molecule has 1 aromatic carbocycles. The standard InChI is InChI=1S/C21H23N3/c1-14-11-15(13-22)12-21(2)18(14)10-9-17-19(24(3)23-20(17)21)16-7-5-4-6-8-16/h4-8,12,14,18H,9-11H2,1-3H3/t14-,18+,21+/m1/s1. The molecule has 0 saturated carbocycles. The first-order chi connectivity index (χ1) is 11.5. The number of aromatic nitrogens is 2. The highest BCUT2D eigenvalue weighted by molar-refractivity contribution is 5.66. The molecule has 2 aromatic rings. The summed E-state index contributed by atoms with van der Waals surface area (Å²) in [6.45, 7) is 4.57. The Bertz CT molecular complexity index is 853. The molecule has 1 heterocycles. The van der Waals surface area contributed by atoms with Gasteiger partial charge in [-0.25, -0.2) is 0 Å². The quantitative estimate of drug-likeness (QED) is 0.782. The third kappa shape index (κ3) is 2.06. The molecule has 3 heteroatoms. The average Bonchev–Trinajstić information content (AvgIpc) is 2.92. The number of benzene rings is 1. The number of hydrogen-bond donors (Lipinski definition) is 0. The van der Waals surface area contributed by atoms with Gasteiger partial charge in [-0.1, -0.05) is 50.3 Å². The van der Waals surface area contributed by atoms with Crippen molar-refractivity contribution in [2.45, 2.75) is 38.5 Å². The lowest BCUT2D eigenvalue weighted by Crippen LogP contribution is -2.42. The van der Waals surface area contributed by atoms with Crippen molar-refractivity contribution in [3.05, 3.63) is 53.2 Å². The Kier molecular flexibility index (Phi) is 3.38. The summed E-state index contributed by atoms with van der Waals surface area (Å²) in [6.07, 6.45) is 5.36. The van der Waals surface area contributed by atoms with Crippen molar-refractivity contribution < 1.29 is 0 Å². The van der Waals surface area contributed by atoms with Crippen molar-refractivity contribution in [2.75, 3.05) is 0 Å². The van der Waals surface area contributed by atoms with Gasteiger partial charge in [0.2, 0.25) is 0 Å². The Hall–Kier alpha value is -2.34. The SMILES string of the molecule is C[C@@H]1CC(C#N)=C[C@]2(C)c3nn(C)c(-c4ccccc4)c3CC[C@@H]12. The molecule has 0 radical (unpaired) electrons. The van der Waals surface area contributed by atoms with Crippen molar-refractivity contribution in [1.82, 2.24) is 9.78 Å². The van der Waals surface area contributed by atoms with Crippen LogP contribution in [-0.4, -0.2) is 9.78 Å². The maximum Gasteiger partial charge on any atom is 0.0944 e. The van der Waals surface area contributed by atoms with Gasteiger partial charge in [0.25, 0.3) is 0 Å². The predicted molar refractivity (Wildman–Crippen MR) is 95.3 cm³/mol. The number of fused-ring (bicyclic) bond motifs is 3. The summed E-state index contributed by atoms with van der Waals surface area (Å²) < 4.78 is 2.03. The lowest BCUT2D eigenvalue weighted by molar-refractivity contribution is 0.201. The average molecular weight is 317 g/mol.